The molecule has 1 atom stereocenters. The second kappa shape index (κ2) is 2.49. The van der Waals surface area contributed by atoms with E-state index in [1.165, 1.54) is 0 Å². The lowest BCUT2D eigenvalue weighted by Gasteiger charge is -1.59. The molecule has 0 fully saturated rings. The zero-order valence-electron chi connectivity index (χ0n) is 1.96. The molecule has 0 saturated heterocycles. The van der Waals surface area contributed by atoms with Gasteiger partial charge in [0, 0.05) is 3.11 Å². The molecule has 1 unspecified atom stereocenters. The SMILES string of the molecule is [PH3]=C(Br)Br. The minimum Gasteiger partial charge on any atom is -0.121 e. The van der Waals surface area contributed by atoms with Gasteiger partial charge in [0.1, 0.15) is 0 Å². The highest BCUT2D eigenvalue weighted by atomic mass is 79.9. The summed E-state index contributed by atoms with van der Waals surface area (Å²) in [6, 6.07) is 0. The van der Waals surface area contributed by atoms with E-state index in [1.807, 2.05) is 0 Å². The van der Waals surface area contributed by atoms with E-state index in [2.05, 4.69) is 31.9 Å². The molecule has 0 N–H and O–H groups in total. The van der Waals surface area contributed by atoms with Crippen LogP contribution in [0.25, 0.3) is 0 Å². The van der Waals surface area contributed by atoms with Gasteiger partial charge < -0.3 is 0 Å². The summed E-state index contributed by atoms with van der Waals surface area (Å²) in [7, 11) is 1.75. The van der Waals surface area contributed by atoms with Crippen molar-refractivity contribution in [2.45, 2.75) is 0 Å². The molecule has 0 bridgehead atoms. The molecule has 0 aromatic heterocycles. The van der Waals surface area contributed by atoms with Crippen LogP contribution in [-0.2, 0) is 0 Å². The van der Waals surface area contributed by atoms with Gasteiger partial charge in [0.25, 0.3) is 0 Å². The van der Waals surface area contributed by atoms with E-state index in [-0.39, 0.29) is 0 Å². The van der Waals surface area contributed by atoms with Crippen LogP contribution >= 0.6 is 40.7 Å². The van der Waals surface area contributed by atoms with E-state index in [0.29, 0.717) is 0 Å². The molecule has 0 rings (SSSR count). The van der Waals surface area contributed by atoms with E-state index < -0.39 is 0 Å². The fourth-order valence-corrected chi connectivity index (χ4v) is 0. The van der Waals surface area contributed by atoms with Crippen LogP contribution in [0.3, 0.4) is 0 Å². The van der Waals surface area contributed by atoms with Crippen molar-refractivity contribution in [2.24, 2.45) is 0 Å². The second-order valence-electron chi connectivity index (χ2n) is 0.339. The smallest absolute Gasteiger partial charge is 0.0482 e. The van der Waals surface area contributed by atoms with Crippen LogP contribution in [0, 0.1) is 0 Å². The Hall–Kier alpha value is 1.26. The highest BCUT2D eigenvalue weighted by molar-refractivity contribution is 9.40. The average Bonchev–Trinajstić information content (AvgIpc) is 0.811. The third-order valence-corrected chi connectivity index (χ3v) is 0. The summed E-state index contributed by atoms with van der Waals surface area (Å²) in [6.45, 7) is 0. The van der Waals surface area contributed by atoms with Gasteiger partial charge in [-0.15, -0.1) is 8.86 Å². The maximum atomic E-state index is 3.12. The average molecular weight is 206 g/mol. The molecule has 4 heavy (non-hydrogen) atoms. The molecule has 0 saturated carbocycles. The Labute approximate surface area is 44.1 Å². The fraction of sp³-hybridized carbons (Fsp3) is 0. The third kappa shape index (κ3) is 10.5. The highest BCUT2D eigenvalue weighted by Gasteiger charge is 1.58. The van der Waals surface area contributed by atoms with E-state index >= 15 is 0 Å². The van der Waals surface area contributed by atoms with Crippen LogP contribution in [0.2, 0.25) is 0 Å². The summed E-state index contributed by atoms with van der Waals surface area (Å²) in [5, 5.41) is 0. The standard InChI is InChI=1S/CH3Br2P/c2-1(3)4/h4H3. The van der Waals surface area contributed by atoms with Gasteiger partial charge in [0.15, 0.2) is 0 Å². The summed E-state index contributed by atoms with van der Waals surface area (Å²) in [5.74, 6) is 0. The molecular formula is CH3Br2P. The maximum absolute atomic E-state index is 3.12. The van der Waals surface area contributed by atoms with Crippen molar-refractivity contribution < 1.29 is 0 Å². The molecule has 0 heterocycles. The molecule has 0 amide bonds. The van der Waals surface area contributed by atoms with Crippen molar-refractivity contribution in [3.8, 4) is 0 Å². The Morgan fingerprint density at radius 1 is 1.50 bits per heavy atom. The van der Waals surface area contributed by atoms with Crippen molar-refractivity contribution in [3.05, 3.63) is 0 Å². The van der Waals surface area contributed by atoms with Gasteiger partial charge in [-0.3, -0.25) is 0 Å². The van der Waals surface area contributed by atoms with E-state index in [9.17, 15) is 0 Å². The van der Waals surface area contributed by atoms with Gasteiger partial charge in [-0.2, -0.15) is 0 Å². The van der Waals surface area contributed by atoms with Crippen molar-refractivity contribution in [1.82, 2.24) is 0 Å². The van der Waals surface area contributed by atoms with Crippen LogP contribution in [0.15, 0.2) is 0 Å². The fourth-order valence-electron chi connectivity index (χ4n) is 0. The quantitative estimate of drug-likeness (QED) is 0.526. The lowest BCUT2D eigenvalue weighted by Crippen LogP contribution is -1.39. The summed E-state index contributed by atoms with van der Waals surface area (Å²) in [6.07, 6.45) is 0. The summed E-state index contributed by atoms with van der Waals surface area (Å²) >= 11 is 6.23. The highest BCUT2D eigenvalue weighted by Crippen LogP contribution is 1.97. The lowest BCUT2D eigenvalue weighted by atomic mass is 12.0. The van der Waals surface area contributed by atoms with Gasteiger partial charge in [-0.25, -0.2) is 0 Å². The van der Waals surface area contributed by atoms with Crippen LogP contribution in [0.5, 0.6) is 0 Å². The summed E-state index contributed by atoms with van der Waals surface area (Å²) in [5.41, 5.74) is 0. The van der Waals surface area contributed by atoms with Crippen molar-refractivity contribution in [2.75, 3.05) is 0 Å². The summed E-state index contributed by atoms with van der Waals surface area (Å²) in [4.78, 5) is 0. The minimum atomic E-state index is 1.07. The molecule has 0 spiro atoms. The Balaban J connectivity index is 2.80. The molecule has 0 aromatic carbocycles. The topological polar surface area (TPSA) is 0 Å². The van der Waals surface area contributed by atoms with Crippen molar-refractivity contribution in [1.29, 1.82) is 0 Å². The van der Waals surface area contributed by atoms with E-state index in [0.717, 1.165) is 3.11 Å². The Morgan fingerprint density at radius 2 is 1.50 bits per heavy atom. The predicted molar refractivity (Wildman–Crippen MR) is 34.0 cm³/mol. The molecule has 0 nitrogen and oxygen atoms in total. The normalized spacial score (nSPS) is 7.50. The molecule has 0 radical (unpaired) electrons. The summed E-state index contributed by atoms with van der Waals surface area (Å²) < 4.78 is 1.07. The number of hydrogen-bond donors (Lipinski definition) is 0. The van der Waals surface area contributed by atoms with Crippen LogP contribution in [0.1, 0.15) is 0 Å². The first-order chi connectivity index (χ1) is 1.73. The number of rotatable bonds is 0. The number of hydrogen-bond acceptors (Lipinski definition) is 0. The monoisotopic (exact) mass is 204 g/mol. The van der Waals surface area contributed by atoms with E-state index in [4.69, 9.17) is 0 Å². The Morgan fingerprint density at radius 3 is 1.50 bits per heavy atom. The van der Waals surface area contributed by atoms with Gasteiger partial charge in [0.05, 0.1) is 0 Å². The van der Waals surface area contributed by atoms with Crippen LogP contribution in [0.4, 0.5) is 0 Å². The van der Waals surface area contributed by atoms with E-state index in [1.54, 1.807) is 8.86 Å². The van der Waals surface area contributed by atoms with Crippen LogP contribution in [-0.4, -0.2) is 3.11 Å². The zero-order chi connectivity index (χ0) is 3.58. The maximum Gasteiger partial charge on any atom is 0.0482 e. The predicted octanol–water partition coefficient (Wildman–Crippen LogP) is 1.47. The molecule has 0 aromatic rings. The Kier molecular flexibility index (Phi) is 3.28. The minimum absolute atomic E-state index is 1.07. The third-order valence-electron chi connectivity index (χ3n) is 0. The first-order valence-corrected chi connectivity index (χ1v) is 3.02. The molecule has 0 aliphatic rings. The lowest BCUT2D eigenvalue weighted by molar-refractivity contribution is 4.37. The first-order valence-electron chi connectivity index (χ1n) is 0.732. The molecule has 0 aliphatic carbocycles. The molecule has 26 valence electrons. The molecular weight excluding hydrogens is 203 g/mol. The van der Waals surface area contributed by atoms with Crippen LogP contribution < -0.4 is 0 Å². The Bertz CT molecular complexity index is 29.0. The van der Waals surface area contributed by atoms with Gasteiger partial charge in [0.2, 0.25) is 0 Å². The number of halogens is 2. The second-order valence-corrected chi connectivity index (χ2v) is 6.09. The van der Waals surface area contributed by atoms with Crippen molar-refractivity contribution >= 4 is 43.8 Å². The van der Waals surface area contributed by atoms with Crippen molar-refractivity contribution in [3.63, 3.8) is 0 Å². The van der Waals surface area contributed by atoms with Gasteiger partial charge in [-0.05, 0) is 31.9 Å². The molecule has 3 heteroatoms. The molecule has 0 aliphatic heterocycles. The first kappa shape index (κ1) is 5.26. The van der Waals surface area contributed by atoms with Gasteiger partial charge in [-0.1, -0.05) is 0 Å². The largest absolute Gasteiger partial charge is 0.121 e. The zero-order valence-corrected chi connectivity index (χ0v) is 6.55. The van der Waals surface area contributed by atoms with Gasteiger partial charge >= 0.3 is 0 Å².